The summed E-state index contributed by atoms with van der Waals surface area (Å²) in [6.07, 6.45) is 1.69. The maximum absolute atomic E-state index is 11.6. The summed E-state index contributed by atoms with van der Waals surface area (Å²) < 4.78 is 5.46. The molecule has 19 heavy (non-hydrogen) atoms. The molecular formula is C14H15NO4. The molecule has 1 aliphatic heterocycles. The second kappa shape index (κ2) is 3.98. The standard InChI is InChI=1S/C14H15NO4/c1-8-12(16)15-10-7-9(3-4-11(10)19-8)14(13(17)18)5-2-6-14/h3-4,7-8H,2,5-6H2,1H3,(H,15,16)(H,17,18). The predicted molar refractivity (Wildman–Crippen MR) is 68.3 cm³/mol. The van der Waals surface area contributed by atoms with Gasteiger partial charge in [0.1, 0.15) is 5.75 Å². The van der Waals surface area contributed by atoms with Crippen molar-refractivity contribution < 1.29 is 19.4 Å². The molecule has 1 saturated carbocycles. The summed E-state index contributed by atoms with van der Waals surface area (Å²) in [5.41, 5.74) is 0.514. The van der Waals surface area contributed by atoms with Crippen molar-refractivity contribution in [3.63, 3.8) is 0 Å². The van der Waals surface area contributed by atoms with E-state index in [0.29, 0.717) is 24.3 Å². The zero-order chi connectivity index (χ0) is 13.6. The predicted octanol–water partition coefficient (Wildman–Crippen LogP) is 1.91. The highest BCUT2D eigenvalue weighted by Gasteiger charge is 2.46. The van der Waals surface area contributed by atoms with Crippen LogP contribution in [0.25, 0.3) is 0 Å². The van der Waals surface area contributed by atoms with E-state index in [1.165, 1.54) is 0 Å². The molecule has 2 aliphatic rings. The van der Waals surface area contributed by atoms with Gasteiger partial charge in [0.2, 0.25) is 0 Å². The van der Waals surface area contributed by atoms with E-state index in [1.807, 2.05) is 0 Å². The van der Waals surface area contributed by atoms with Crippen LogP contribution < -0.4 is 10.1 Å². The van der Waals surface area contributed by atoms with E-state index in [9.17, 15) is 14.7 Å². The van der Waals surface area contributed by atoms with Gasteiger partial charge < -0.3 is 15.2 Å². The number of carbonyl (C=O) groups excluding carboxylic acids is 1. The molecule has 2 N–H and O–H groups in total. The van der Waals surface area contributed by atoms with Gasteiger partial charge in [-0.3, -0.25) is 9.59 Å². The number of carboxylic acid groups (broad SMARTS) is 1. The van der Waals surface area contributed by atoms with Crippen molar-refractivity contribution in [3.8, 4) is 5.75 Å². The van der Waals surface area contributed by atoms with Gasteiger partial charge in [0, 0.05) is 0 Å². The fraction of sp³-hybridized carbons (Fsp3) is 0.429. The number of anilines is 1. The van der Waals surface area contributed by atoms with E-state index in [-0.39, 0.29) is 5.91 Å². The van der Waals surface area contributed by atoms with Crippen LogP contribution >= 0.6 is 0 Å². The Balaban J connectivity index is 2.00. The maximum atomic E-state index is 11.6. The van der Waals surface area contributed by atoms with Crippen molar-refractivity contribution in [3.05, 3.63) is 23.8 Å². The van der Waals surface area contributed by atoms with Gasteiger partial charge in [-0.05, 0) is 37.5 Å². The lowest BCUT2D eigenvalue weighted by Crippen LogP contribution is -2.42. The molecule has 0 aromatic heterocycles. The third kappa shape index (κ3) is 1.69. The summed E-state index contributed by atoms with van der Waals surface area (Å²) in [5, 5.41) is 12.2. The Labute approximate surface area is 110 Å². The van der Waals surface area contributed by atoms with Crippen molar-refractivity contribution in [2.24, 2.45) is 0 Å². The number of aliphatic carboxylic acids is 1. The summed E-state index contributed by atoms with van der Waals surface area (Å²) in [4.78, 5) is 23.1. The van der Waals surface area contributed by atoms with Crippen molar-refractivity contribution in [1.82, 2.24) is 0 Å². The zero-order valence-corrected chi connectivity index (χ0v) is 10.6. The van der Waals surface area contributed by atoms with Gasteiger partial charge in [0.05, 0.1) is 11.1 Å². The lowest BCUT2D eigenvalue weighted by molar-refractivity contribution is -0.147. The minimum atomic E-state index is -0.796. The SMILES string of the molecule is CC1Oc2ccc(C3(C(=O)O)CCC3)cc2NC1=O. The van der Waals surface area contributed by atoms with Crippen LogP contribution in [0.15, 0.2) is 18.2 Å². The molecule has 0 saturated heterocycles. The van der Waals surface area contributed by atoms with Crippen LogP contribution in [-0.2, 0) is 15.0 Å². The number of nitrogens with one attached hydrogen (secondary N) is 1. The number of hydrogen-bond donors (Lipinski definition) is 2. The third-order valence-electron chi connectivity index (χ3n) is 4.08. The van der Waals surface area contributed by atoms with Gasteiger partial charge in [-0.1, -0.05) is 12.5 Å². The van der Waals surface area contributed by atoms with Gasteiger partial charge >= 0.3 is 5.97 Å². The van der Waals surface area contributed by atoms with Crippen LogP contribution in [0, 0.1) is 0 Å². The Morgan fingerprint density at radius 1 is 1.47 bits per heavy atom. The molecule has 100 valence electrons. The summed E-state index contributed by atoms with van der Waals surface area (Å²) in [5.74, 6) is -0.409. The van der Waals surface area contributed by atoms with Crippen LogP contribution in [0.1, 0.15) is 31.7 Å². The van der Waals surface area contributed by atoms with Crippen molar-refractivity contribution in [2.75, 3.05) is 5.32 Å². The second-order valence-corrected chi connectivity index (χ2v) is 5.20. The van der Waals surface area contributed by atoms with E-state index in [4.69, 9.17) is 4.74 Å². The summed E-state index contributed by atoms with van der Waals surface area (Å²) in [6.45, 7) is 1.68. The Hall–Kier alpha value is -2.04. The average molecular weight is 261 g/mol. The number of rotatable bonds is 2. The molecule has 3 rings (SSSR count). The van der Waals surface area contributed by atoms with Crippen molar-refractivity contribution in [2.45, 2.75) is 37.7 Å². The molecule has 0 spiro atoms. The number of hydrogen-bond acceptors (Lipinski definition) is 3. The molecule has 0 radical (unpaired) electrons. The Kier molecular flexibility index (Phi) is 2.52. The van der Waals surface area contributed by atoms with E-state index in [1.54, 1.807) is 25.1 Å². The number of ether oxygens (including phenoxy) is 1. The molecule has 5 nitrogen and oxygen atoms in total. The fourth-order valence-electron chi connectivity index (χ4n) is 2.66. The highest BCUT2D eigenvalue weighted by molar-refractivity contribution is 5.98. The zero-order valence-electron chi connectivity index (χ0n) is 10.6. The first-order valence-electron chi connectivity index (χ1n) is 6.38. The lowest BCUT2D eigenvalue weighted by atomic mass is 9.64. The van der Waals surface area contributed by atoms with E-state index < -0.39 is 17.5 Å². The number of carbonyl (C=O) groups is 2. The Bertz CT molecular complexity index is 563. The lowest BCUT2D eigenvalue weighted by Gasteiger charge is -2.38. The molecule has 1 aromatic rings. The highest BCUT2D eigenvalue weighted by Crippen LogP contribution is 2.46. The number of carboxylic acids is 1. The normalized spacial score (nSPS) is 23.6. The molecule has 1 unspecified atom stereocenters. The summed E-state index contributed by atoms with van der Waals surface area (Å²) in [6, 6.07) is 5.26. The third-order valence-corrected chi connectivity index (χ3v) is 4.08. The molecule has 1 aliphatic carbocycles. The van der Waals surface area contributed by atoms with Crippen LogP contribution in [0.2, 0.25) is 0 Å². The second-order valence-electron chi connectivity index (χ2n) is 5.20. The summed E-state index contributed by atoms with van der Waals surface area (Å²) in [7, 11) is 0. The fourth-order valence-corrected chi connectivity index (χ4v) is 2.66. The quantitative estimate of drug-likeness (QED) is 0.852. The van der Waals surface area contributed by atoms with E-state index in [2.05, 4.69) is 5.32 Å². The first-order valence-corrected chi connectivity index (χ1v) is 6.38. The average Bonchev–Trinajstić information content (AvgIpc) is 2.29. The highest BCUT2D eigenvalue weighted by atomic mass is 16.5. The number of amides is 1. The van der Waals surface area contributed by atoms with E-state index in [0.717, 1.165) is 12.0 Å². The Morgan fingerprint density at radius 3 is 2.79 bits per heavy atom. The monoisotopic (exact) mass is 261 g/mol. The summed E-state index contributed by atoms with van der Waals surface area (Å²) >= 11 is 0. The van der Waals surface area contributed by atoms with Crippen molar-refractivity contribution >= 4 is 17.6 Å². The topological polar surface area (TPSA) is 75.6 Å². The van der Waals surface area contributed by atoms with Gasteiger partial charge in [0.15, 0.2) is 6.10 Å². The van der Waals surface area contributed by atoms with Gasteiger partial charge in [0.25, 0.3) is 5.91 Å². The first kappa shape index (κ1) is 12.0. The molecule has 1 heterocycles. The smallest absolute Gasteiger partial charge is 0.314 e. The van der Waals surface area contributed by atoms with Crippen LogP contribution in [-0.4, -0.2) is 23.1 Å². The van der Waals surface area contributed by atoms with Crippen LogP contribution in [0.5, 0.6) is 5.75 Å². The minimum absolute atomic E-state index is 0.206. The van der Waals surface area contributed by atoms with Crippen molar-refractivity contribution in [1.29, 1.82) is 0 Å². The molecular weight excluding hydrogens is 246 g/mol. The molecule has 0 bridgehead atoms. The molecule has 1 aromatic carbocycles. The first-order chi connectivity index (χ1) is 9.03. The van der Waals surface area contributed by atoms with Crippen LogP contribution in [0.4, 0.5) is 5.69 Å². The largest absolute Gasteiger partial charge is 0.481 e. The number of fused-ring (bicyclic) bond motifs is 1. The molecule has 5 heteroatoms. The number of benzene rings is 1. The van der Waals surface area contributed by atoms with Gasteiger partial charge in [-0.25, -0.2) is 0 Å². The maximum Gasteiger partial charge on any atom is 0.314 e. The van der Waals surface area contributed by atoms with Crippen LogP contribution in [0.3, 0.4) is 0 Å². The van der Waals surface area contributed by atoms with Gasteiger partial charge in [-0.2, -0.15) is 0 Å². The Morgan fingerprint density at radius 2 is 2.21 bits per heavy atom. The molecule has 1 fully saturated rings. The molecule has 1 amide bonds. The van der Waals surface area contributed by atoms with Gasteiger partial charge in [-0.15, -0.1) is 0 Å². The van der Waals surface area contributed by atoms with E-state index >= 15 is 0 Å². The molecule has 1 atom stereocenters. The minimum Gasteiger partial charge on any atom is -0.481 e.